The standard InChI is InChI=1S/C23H23NO4S/c1-3-28-23(26)21-19(17-10-12-18(27-2)13-11-17)15-29-22(21)24-20(25)14-9-16-7-5-4-6-8-16/h4-8,10-13,15H,3,9,14H2,1-2H3,(H,24,25). The molecule has 1 N–H and O–H groups in total. The summed E-state index contributed by atoms with van der Waals surface area (Å²) in [5.74, 6) is 0.150. The molecule has 5 nitrogen and oxygen atoms in total. The van der Waals surface area contributed by atoms with Crippen molar-refractivity contribution in [1.29, 1.82) is 0 Å². The first-order valence-electron chi connectivity index (χ1n) is 9.39. The minimum absolute atomic E-state index is 0.137. The van der Waals surface area contributed by atoms with Crippen LogP contribution in [0.1, 0.15) is 29.3 Å². The largest absolute Gasteiger partial charge is 0.497 e. The minimum atomic E-state index is -0.446. The Morgan fingerprint density at radius 1 is 1.03 bits per heavy atom. The maximum atomic E-state index is 12.6. The average molecular weight is 410 g/mol. The molecule has 0 saturated heterocycles. The lowest BCUT2D eigenvalue weighted by Gasteiger charge is -2.09. The highest BCUT2D eigenvalue weighted by molar-refractivity contribution is 7.15. The topological polar surface area (TPSA) is 64.6 Å². The van der Waals surface area contributed by atoms with Crippen molar-refractivity contribution in [2.24, 2.45) is 0 Å². The summed E-state index contributed by atoms with van der Waals surface area (Å²) < 4.78 is 10.4. The molecule has 6 heteroatoms. The Balaban J connectivity index is 1.81. The highest BCUT2D eigenvalue weighted by atomic mass is 32.1. The smallest absolute Gasteiger partial charge is 0.341 e. The SMILES string of the molecule is CCOC(=O)c1c(-c2ccc(OC)cc2)csc1NC(=O)CCc1ccccc1. The molecule has 0 fully saturated rings. The van der Waals surface area contributed by atoms with Gasteiger partial charge in [0.25, 0.3) is 0 Å². The molecule has 0 aliphatic rings. The molecule has 1 heterocycles. The van der Waals surface area contributed by atoms with Gasteiger partial charge in [-0.15, -0.1) is 11.3 Å². The fourth-order valence-electron chi connectivity index (χ4n) is 2.93. The summed E-state index contributed by atoms with van der Waals surface area (Å²) in [5, 5.41) is 5.26. The fourth-order valence-corrected chi connectivity index (χ4v) is 3.90. The number of amides is 1. The average Bonchev–Trinajstić information content (AvgIpc) is 3.16. The highest BCUT2D eigenvalue weighted by Crippen LogP contribution is 2.37. The van der Waals surface area contributed by atoms with Crippen molar-refractivity contribution >= 4 is 28.2 Å². The number of carbonyl (C=O) groups excluding carboxylic acids is 2. The molecule has 29 heavy (non-hydrogen) atoms. The summed E-state index contributed by atoms with van der Waals surface area (Å²) in [6.45, 7) is 2.02. The summed E-state index contributed by atoms with van der Waals surface area (Å²) in [6.07, 6.45) is 0.972. The molecule has 0 bridgehead atoms. The van der Waals surface area contributed by atoms with Crippen LogP contribution in [0.4, 0.5) is 5.00 Å². The lowest BCUT2D eigenvalue weighted by molar-refractivity contribution is -0.116. The van der Waals surface area contributed by atoms with E-state index in [1.54, 1.807) is 14.0 Å². The molecule has 3 rings (SSSR count). The van der Waals surface area contributed by atoms with E-state index in [1.165, 1.54) is 11.3 Å². The van der Waals surface area contributed by atoms with Crippen LogP contribution in [0.3, 0.4) is 0 Å². The molecule has 0 aliphatic carbocycles. The maximum absolute atomic E-state index is 12.6. The molecule has 150 valence electrons. The Bertz CT molecular complexity index is 964. The third-order valence-corrected chi connectivity index (χ3v) is 5.30. The molecule has 0 unspecified atom stereocenters. The first kappa shape index (κ1) is 20.6. The van der Waals surface area contributed by atoms with Crippen LogP contribution >= 0.6 is 11.3 Å². The van der Waals surface area contributed by atoms with Crippen LogP contribution in [-0.2, 0) is 16.0 Å². The van der Waals surface area contributed by atoms with E-state index in [1.807, 2.05) is 60.0 Å². The molecule has 0 aliphatic heterocycles. The van der Waals surface area contributed by atoms with Crippen LogP contribution < -0.4 is 10.1 Å². The number of aryl methyl sites for hydroxylation is 1. The van der Waals surface area contributed by atoms with Gasteiger partial charge in [-0.2, -0.15) is 0 Å². The number of benzene rings is 2. The van der Waals surface area contributed by atoms with E-state index in [0.717, 1.165) is 22.4 Å². The van der Waals surface area contributed by atoms with E-state index in [0.29, 0.717) is 23.4 Å². The molecule has 1 aromatic heterocycles. The van der Waals surface area contributed by atoms with Crippen molar-refractivity contribution in [1.82, 2.24) is 0 Å². The number of hydrogen-bond acceptors (Lipinski definition) is 5. The Hall–Kier alpha value is -3.12. The predicted octanol–water partition coefficient (Wildman–Crippen LogP) is 5.17. The normalized spacial score (nSPS) is 10.4. The van der Waals surface area contributed by atoms with Crippen LogP contribution in [0.5, 0.6) is 5.75 Å². The maximum Gasteiger partial charge on any atom is 0.341 e. The molecule has 0 spiro atoms. The Morgan fingerprint density at radius 3 is 2.41 bits per heavy atom. The first-order chi connectivity index (χ1) is 14.1. The molecule has 3 aromatic rings. The number of anilines is 1. The third kappa shape index (κ3) is 5.23. The van der Waals surface area contributed by atoms with Crippen molar-refractivity contribution in [3.05, 3.63) is 71.1 Å². The van der Waals surface area contributed by atoms with E-state index in [-0.39, 0.29) is 12.5 Å². The summed E-state index contributed by atoms with van der Waals surface area (Å²) in [5.41, 5.74) is 3.07. The van der Waals surface area contributed by atoms with Crippen LogP contribution in [0, 0.1) is 0 Å². The second-order valence-corrected chi connectivity index (χ2v) is 7.22. The zero-order valence-corrected chi connectivity index (χ0v) is 17.3. The number of nitrogens with one attached hydrogen (secondary N) is 1. The van der Waals surface area contributed by atoms with Gasteiger partial charge in [0.2, 0.25) is 5.91 Å². The molecule has 2 aromatic carbocycles. The highest BCUT2D eigenvalue weighted by Gasteiger charge is 2.22. The van der Waals surface area contributed by atoms with Gasteiger partial charge in [-0.05, 0) is 36.6 Å². The number of carbonyl (C=O) groups is 2. The number of esters is 1. The predicted molar refractivity (Wildman–Crippen MR) is 116 cm³/mol. The van der Waals surface area contributed by atoms with E-state index < -0.39 is 5.97 Å². The van der Waals surface area contributed by atoms with E-state index in [9.17, 15) is 9.59 Å². The van der Waals surface area contributed by atoms with Gasteiger partial charge in [0, 0.05) is 17.4 Å². The van der Waals surface area contributed by atoms with Crippen LogP contribution in [0.15, 0.2) is 60.0 Å². The van der Waals surface area contributed by atoms with Gasteiger partial charge in [-0.3, -0.25) is 4.79 Å². The zero-order valence-electron chi connectivity index (χ0n) is 16.4. The van der Waals surface area contributed by atoms with Crippen molar-refractivity contribution in [3.8, 4) is 16.9 Å². The Labute approximate surface area is 174 Å². The van der Waals surface area contributed by atoms with E-state index >= 15 is 0 Å². The second-order valence-electron chi connectivity index (χ2n) is 6.34. The summed E-state index contributed by atoms with van der Waals surface area (Å²) in [6, 6.07) is 17.3. The first-order valence-corrected chi connectivity index (χ1v) is 10.3. The third-order valence-electron chi connectivity index (χ3n) is 4.41. The molecule has 0 atom stereocenters. The van der Waals surface area contributed by atoms with Gasteiger partial charge in [0.15, 0.2) is 0 Å². The number of hydrogen-bond donors (Lipinski definition) is 1. The van der Waals surface area contributed by atoms with Gasteiger partial charge >= 0.3 is 5.97 Å². The van der Waals surface area contributed by atoms with Gasteiger partial charge in [0.05, 0.1) is 13.7 Å². The molecular formula is C23H23NO4S. The van der Waals surface area contributed by atoms with Gasteiger partial charge in [-0.25, -0.2) is 4.79 Å². The summed E-state index contributed by atoms with van der Waals surface area (Å²) in [7, 11) is 1.60. The molecular weight excluding hydrogens is 386 g/mol. The number of methoxy groups -OCH3 is 1. The van der Waals surface area contributed by atoms with Crippen LogP contribution in [0.25, 0.3) is 11.1 Å². The van der Waals surface area contributed by atoms with Gasteiger partial charge in [0.1, 0.15) is 16.3 Å². The number of thiophene rings is 1. The number of rotatable bonds is 8. The van der Waals surface area contributed by atoms with E-state index in [2.05, 4.69) is 5.32 Å². The van der Waals surface area contributed by atoms with Crippen molar-refractivity contribution < 1.29 is 19.1 Å². The van der Waals surface area contributed by atoms with Crippen molar-refractivity contribution in [3.63, 3.8) is 0 Å². The van der Waals surface area contributed by atoms with Gasteiger partial charge in [-0.1, -0.05) is 42.5 Å². The zero-order chi connectivity index (χ0) is 20.6. The van der Waals surface area contributed by atoms with Crippen molar-refractivity contribution in [2.75, 3.05) is 19.0 Å². The lowest BCUT2D eigenvalue weighted by Crippen LogP contribution is -2.15. The second kappa shape index (κ2) is 9.89. The van der Waals surface area contributed by atoms with Crippen LogP contribution in [0.2, 0.25) is 0 Å². The Kier molecular flexibility index (Phi) is 7.03. The molecule has 1 amide bonds. The van der Waals surface area contributed by atoms with E-state index in [4.69, 9.17) is 9.47 Å². The summed E-state index contributed by atoms with van der Waals surface area (Å²) in [4.78, 5) is 25.1. The fraction of sp³-hybridized carbons (Fsp3) is 0.217. The number of ether oxygens (including phenoxy) is 2. The molecule has 0 radical (unpaired) electrons. The molecule has 0 saturated carbocycles. The van der Waals surface area contributed by atoms with Crippen LogP contribution in [-0.4, -0.2) is 25.6 Å². The summed E-state index contributed by atoms with van der Waals surface area (Å²) >= 11 is 1.32. The Morgan fingerprint density at radius 2 is 1.76 bits per heavy atom. The monoisotopic (exact) mass is 409 g/mol. The minimum Gasteiger partial charge on any atom is -0.497 e. The van der Waals surface area contributed by atoms with Gasteiger partial charge < -0.3 is 14.8 Å². The lowest BCUT2D eigenvalue weighted by atomic mass is 10.0. The van der Waals surface area contributed by atoms with Crippen molar-refractivity contribution in [2.45, 2.75) is 19.8 Å². The quantitative estimate of drug-likeness (QED) is 0.521.